The van der Waals surface area contributed by atoms with E-state index in [-0.39, 0.29) is 5.56 Å². The molecule has 0 amide bonds. The van der Waals surface area contributed by atoms with Crippen molar-refractivity contribution in [2.75, 3.05) is 5.32 Å². The third-order valence-corrected chi connectivity index (χ3v) is 2.36. The molecule has 2 aromatic heterocycles. The lowest BCUT2D eigenvalue weighted by Crippen LogP contribution is -2.13. The molecule has 0 aliphatic rings. The maximum absolute atomic E-state index is 11.3. The largest absolute Gasteiger partial charge is 0.366 e. The smallest absolute Gasteiger partial charge is 0.252 e. The van der Waals surface area contributed by atoms with Gasteiger partial charge in [0.25, 0.3) is 5.56 Å². The summed E-state index contributed by atoms with van der Waals surface area (Å²) in [6, 6.07) is 1.45. The molecule has 0 aliphatic heterocycles. The van der Waals surface area contributed by atoms with E-state index in [2.05, 4.69) is 20.4 Å². The van der Waals surface area contributed by atoms with Crippen molar-refractivity contribution in [2.45, 2.75) is 19.9 Å². The summed E-state index contributed by atoms with van der Waals surface area (Å²) in [7, 11) is 1.87. The Hall–Kier alpha value is -2.11. The highest BCUT2D eigenvalue weighted by atomic mass is 16.1. The van der Waals surface area contributed by atoms with Gasteiger partial charge in [-0.15, -0.1) is 0 Å². The van der Waals surface area contributed by atoms with E-state index in [1.165, 1.54) is 6.07 Å². The summed E-state index contributed by atoms with van der Waals surface area (Å²) in [4.78, 5) is 18.3. The van der Waals surface area contributed by atoms with Crippen LogP contribution in [0, 0.1) is 0 Å². The zero-order valence-corrected chi connectivity index (χ0v) is 9.90. The predicted octanol–water partition coefficient (Wildman–Crippen LogP) is 0.678. The Morgan fingerprint density at radius 2 is 2.35 bits per heavy atom. The van der Waals surface area contributed by atoms with Gasteiger partial charge in [-0.1, -0.05) is 6.92 Å². The van der Waals surface area contributed by atoms with Crippen molar-refractivity contribution in [1.82, 2.24) is 19.7 Å². The van der Waals surface area contributed by atoms with Crippen molar-refractivity contribution in [3.8, 4) is 0 Å². The van der Waals surface area contributed by atoms with E-state index in [1.807, 2.05) is 20.2 Å². The van der Waals surface area contributed by atoms with Crippen LogP contribution in [-0.2, 0) is 20.0 Å². The third kappa shape index (κ3) is 2.93. The lowest BCUT2D eigenvalue weighted by Gasteiger charge is -2.04. The topological polar surface area (TPSA) is 75.6 Å². The van der Waals surface area contributed by atoms with Crippen LogP contribution in [0.3, 0.4) is 0 Å². The fraction of sp³-hybridized carbons (Fsp3) is 0.364. The summed E-state index contributed by atoms with van der Waals surface area (Å²) in [6.45, 7) is 2.55. The zero-order valence-electron chi connectivity index (χ0n) is 9.90. The SMILES string of the molecule is CCc1nc(NCc2cnn(C)c2)cc(=O)[nH]1. The number of aromatic nitrogens is 4. The van der Waals surface area contributed by atoms with E-state index >= 15 is 0 Å². The van der Waals surface area contributed by atoms with Crippen molar-refractivity contribution in [3.63, 3.8) is 0 Å². The molecule has 0 atom stereocenters. The van der Waals surface area contributed by atoms with Crippen molar-refractivity contribution in [1.29, 1.82) is 0 Å². The molecule has 0 bridgehead atoms. The van der Waals surface area contributed by atoms with Gasteiger partial charge in [-0.25, -0.2) is 4.98 Å². The first kappa shape index (κ1) is 11.4. The molecule has 0 saturated carbocycles. The second-order valence-corrected chi connectivity index (χ2v) is 3.81. The number of nitrogens with one attached hydrogen (secondary N) is 2. The fourth-order valence-corrected chi connectivity index (χ4v) is 1.52. The van der Waals surface area contributed by atoms with Gasteiger partial charge in [-0.2, -0.15) is 5.10 Å². The molecular weight excluding hydrogens is 218 g/mol. The second kappa shape index (κ2) is 4.82. The van der Waals surface area contributed by atoms with E-state index in [0.29, 0.717) is 24.6 Å². The van der Waals surface area contributed by atoms with E-state index < -0.39 is 0 Å². The quantitative estimate of drug-likeness (QED) is 0.814. The van der Waals surface area contributed by atoms with E-state index in [0.717, 1.165) is 5.56 Å². The normalized spacial score (nSPS) is 10.5. The number of hydrogen-bond donors (Lipinski definition) is 2. The average Bonchev–Trinajstić information content (AvgIpc) is 2.72. The van der Waals surface area contributed by atoms with Crippen LogP contribution in [0.1, 0.15) is 18.3 Å². The van der Waals surface area contributed by atoms with Gasteiger partial charge in [-0.3, -0.25) is 9.48 Å². The highest BCUT2D eigenvalue weighted by Gasteiger charge is 2.00. The summed E-state index contributed by atoms with van der Waals surface area (Å²) >= 11 is 0. The van der Waals surface area contributed by atoms with E-state index in [4.69, 9.17) is 0 Å². The Labute approximate surface area is 98.7 Å². The molecule has 0 saturated heterocycles. The Bertz CT molecular complexity index is 557. The van der Waals surface area contributed by atoms with Gasteiger partial charge in [0, 0.05) is 37.8 Å². The summed E-state index contributed by atoms with van der Waals surface area (Å²) in [5.74, 6) is 1.28. The van der Waals surface area contributed by atoms with Crippen LogP contribution in [0.4, 0.5) is 5.82 Å². The molecule has 2 N–H and O–H groups in total. The molecule has 0 spiro atoms. The first-order chi connectivity index (χ1) is 8.17. The van der Waals surface area contributed by atoms with Crippen LogP contribution in [0.5, 0.6) is 0 Å². The monoisotopic (exact) mass is 233 g/mol. The minimum atomic E-state index is -0.134. The van der Waals surface area contributed by atoms with Gasteiger partial charge in [-0.05, 0) is 0 Å². The molecule has 2 aromatic rings. The van der Waals surface area contributed by atoms with Crippen LogP contribution in [0.2, 0.25) is 0 Å². The van der Waals surface area contributed by atoms with Gasteiger partial charge in [0.2, 0.25) is 0 Å². The molecule has 0 radical (unpaired) electrons. The molecular formula is C11H15N5O. The highest BCUT2D eigenvalue weighted by Crippen LogP contribution is 2.03. The molecule has 90 valence electrons. The van der Waals surface area contributed by atoms with E-state index in [1.54, 1.807) is 10.9 Å². The lowest BCUT2D eigenvalue weighted by molar-refractivity contribution is 0.767. The Balaban J connectivity index is 2.08. The van der Waals surface area contributed by atoms with Crippen molar-refractivity contribution < 1.29 is 0 Å². The molecule has 2 heterocycles. The van der Waals surface area contributed by atoms with E-state index in [9.17, 15) is 4.79 Å². The van der Waals surface area contributed by atoms with Crippen molar-refractivity contribution >= 4 is 5.82 Å². The Kier molecular flexibility index (Phi) is 3.22. The van der Waals surface area contributed by atoms with Gasteiger partial charge in [0.05, 0.1) is 6.20 Å². The first-order valence-electron chi connectivity index (χ1n) is 5.49. The molecule has 0 fully saturated rings. The molecule has 2 rings (SSSR count). The second-order valence-electron chi connectivity index (χ2n) is 3.81. The van der Waals surface area contributed by atoms with Crippen LogP contribution >= 0.6 is 0 Å². The summed E-state index contributed by atoms with van der Waals surface area (Å²) < 4.78 is 1.74. The summed E-state index contributed by atoms with van der Waals surface area (Å²) in [6.07, 6.45) is 4.40. The number of anilines is 1. The highest BCUT2D eigenvalue weighted by molar-refractivity contribution is 5.33. The van der Waals surface area contributed by atoms with Gasteiger partial charge >= 0.3 is 0 Å². The third-order valence-electron chi connectivity index (χ3n) is 2.36. The predicted molar refractivity (Wildman–Crippen MR) is 64.8 cm³/mol. The van der Waals surface area contributed by atoms with Gasteiger partial charge in [0.15, 0.2) is 0 Å². The zero-order chi connectivity index (χ0) is 12.3. The number of aryl methyl sites for hydroxylation is 2. The van der Waals surface area contributed by atoms with Crippen LogP contribution in [0.15, 0.2) is 23.3 Å². The minimum Gasteiger partial charge on any atom is -0.366 e. The number of aromatic amines is 1. The average molecular weight is 233 g/mol. The standard InChI is InChI=1S/C11H15N5O/c1-3-9-14-10(4-11(17)15-9)12-5-8-6-13-16(2)7-8/h4,6-7H,3,5H2,1-2H3,(H2,12,14,15,17). The molecule has 6 heteroatoms. The summed E-state index contributed by atoms with van der Waals surface area (Å²) in [5, 5.41) is 7.17. The van der Waals surface area contributed by atoms with Gasteiger partial charge < -0.3 is 10.3 Å². The van der Waals surface area contributed by atoms with Crippen LogP contribution in [0.25, 0.3) is 0 Å². The lowest BCUT2D eigenvalue weighted by atomic mass is 10.3. The molecule has 0 aliphatic carbocycles. The molecule has 17 heavy (non-hydrogen) atoms. The number of rotatable bonds is 4. The molecule has 0 aromatic carbocycles. The van der Waals surface area contributed by atoms with Crippen LogP contribution in [-0.4, -0.2) is 19.7 Å². The number of H-pyrrole nitrogens is 1. The van der Waals surface area contributed by atoms with Crippen molar-refractivity contribution in [3.05, 3.63) is 40.2 Å². The maximum atomic E-state index is 11.3. The molecule has 6 nitrogen and oxygen atoms in total. The summed E-state index contributed by atoms with van der Waals surface area (Å²) in [5.41, 5.74) is 0.915. The maximum Gasteiger partial charge on any atom is 0.252 e. The number of nitrogens with zero attached hydrogens (tertiary/aromatic N) is 3. The number of hydrogen-bond acceptors (Lipinski definition) is 4. The van der Waals surface area contributed by atoms with Crippen LogP contribution < -0.4 is 10.9 Å². The first-order valence-corrected chi connectivity index (χ1v) is 5.49. The minimum absolute atomic E-state index is 0.134. The van der Waals surface area contributed by atoms with Crippen molar-refractivity contribution in [2.24, 2.45) is 7.05 Å². The fourth-order valence-electron chi connectivity index (χ4n) is 1.52. The molecule has 0 unspecified atom stereocenters. The van der Waals surface area contributed by atoms with Gasteiger partial charge in [0.1, 0.15) is 11.6 Å². The Morgan fingerprint density at radius 3 is 3.00 bits per heavy atom. The Morgan fingerprint density at radius 1 is 1.53 bits per heavy atom.